The monoisotopic (exact) mass is 320 g/mol. The van der Waals surface area contributed by atoms with Crippen molar-refractivity contribution in [2.24, 2.45) is 5.92 Å². The molecule has 1 atom stereocenters. The number of alkyl halides is 1. The van der Waals surface area contributed by atoms with Crippen LogP contribution in [-0.4, -0.2) is 5.88 Å². The first-order chi connectivity index (χ1) is 10.0. The fourth-order valence-corrected chi connectivity index (χ4v) is 3.41. The maximum Gasteiger partial charge on any atom is 0.0438 e. The second-order valence-electron chi connectivity index (χ2n) is 5.90. The van der Waals surface area contributed by atoms with Gasteiger partial charge in [-0.05, 0) is 67.9 Å². The van der Waals surface area contributed by atoms with Gasteiger partial charge < -0.3 is 0 Å². The highest BCUT2D eigenvalue weighted by Gasteiger charge is 2.14. The molecule has 0 saturated carbocycles. The third-order valence-corrected chi connectivity index (χ3v) is 4.82. The molecule has 0 aliphatic carbocycles. The molecule has 0 aliphatic rings. The molecule has 0 bridgehead atoms. The van der Waals surface area contributed by atoms with E-state index in [1.807, 2.05) is 18.2 Å². The van der Waals surface area contributed by atoms with Gasteiger partial charge in [0.2, 0.25) is 0 Å². The Kier molecular flexibility index (Phi) is 5.72. The van der Waals surface area contributed by atoms with Crippen LogP contribution in [0.2, 0.25) is 5.02 Å². The molecule has 0 saturated heterocycles. The average molecular weight is 321 g/mol. The summed E-state index contributed by atoms with van der Waals surface area (Å²) in [6.45, 7) is 6.53. The summed E-state index contributed by atoms with van der Waals surface area (Å²) in [4.78, 5) is 0. The van der Waals surface area contributed by atoms with Gasteiger partial charge in [0.05, 0.1) is 0 Å². The zero-order chi connectivity index (χ0) is 15.4. The Bertz CT molecular complexity index is 594. The van der Waals surface area contributed by atoms with E-state index in [9.17, 15) is 0 Å². The Labute approximate surface area is 138 Å². The van der Waals surface area contributed by atoms with E-state index in [1.54, 1.807) is 0 Å². The van der Waals surface area contributed by atoms with Crippen LogP contribution in [0, 0.1) is 26.7 Å². The first-order valence-electron chi connectivity index (χ1n) is 7.37. The van der Waals surface area contributed by atoms with E-state index in [-0.39, 0.29) is 0 Å². The quantitative estimate of drug-likeness (QED) is 0.601. The second kappa shape index (κ2) is 7.33. The lowest BCUT2D eigenvalue weighted by Gasteiger charge is -2.18. The van der Waals surface area contributed by atoms with Crippen LogP contribution in [0.3, 0.4) is 0 Å². The van der Waals surface area contributed by atoms with Crippen molar-refractivity contribution in [2.45, 2.75) is 33.6 Å². The summed E-state index contributed by atoms with van der Waals surface area (Å²) in [7, 11) is 0. The molecule has 2 aromatic rings. The minimum Gasteiger partial charge on any atom is -0.126 e. The molecule has 112 valence electrons. The standard InChI is InChI=1S/C19H22Cl2/c1-13-8-14(2)18(15(3)9-13)11-16(12-20)10-17-6-4-5-7-19(17)21/h4-9,16H,10-12H2,1-3H3. The van der Waals surface area contributed by atoms with E-state index in [2.05, 4.69) is 39.0 Å². The number of halogens is 2. The molecular weight excluding hydrogens is 299 g/mol. The Morgan fingerprint density at radius 1 is 0.952 bits per heavy atom. The molecule has 0 aliphatic heterocycles. The van der Waals surface area contributed by atoms with Gasteiger partial charge in [0.15, 0.2) is 0 Å². The van der Waals surface area contributed by atoms with Crippen molar-refractivity contribution in [3.8, 4) is 0 Å². The smallest absolute Gasteiger partial charge is 0.0438 e. The fourth-order valence-electron chi connectivity index (χ4n) is 2.98. The van der Waals surface area contributed by atoms with Gasteiger partial charge in [0.1, 0.15) is 0 Å². The van der Waals surface area contributed by atoms with Crippen molar-refractivity contribution in [3.63, 3.8) is 0 Å². The van der Waals surface area contributed by atoms with E-state index >= 15 is 0 Å². The molecule has 1 unspecified atom stereocenters. The molecule has 0 heterocycles. The normalized spacial score (nSPS) is 12.4. The number of hydrogen-bond acceptors (Lipinski definition) is 0. The summed E-state index contributed by atoms with van der Waals surface area (Å²) in [5.74, 6) is 1.06. The topological polar surface area (TPSA) is 0 Å². The van der Waals surface area contributed by atoms with Crippen molar-refractivity contribution in [3.05, 3.63) is 69.2 Å². The number of benzene rings is 2. The maximum atomic E-state index is 6.27. The van der Waals surface area contributed by atoms with E-state index in [1.165, 1.54) is 27.8 Å². The second-order valence-corrected chi connectivity index (χ2v) is 6.61. The van der Waals surface area contributed by atoms with Crippen molar-refractivity contribution in [1.29, 1.82) is 0 Å². The molecule has 21 heavy (non-hydrogen) atoms. The summed E-state index contributed by atoms with van der Waals surface area (Å²) >= 11 is 12.5. The van der Waals surface area contributed by atoms with E-state index < -0.39 is 0 Å². The zero-order valence-corrected chi connectivity index (χ0v) is 14.4. The molecule has 0 aromatic heterocycles. The van der Waals surface area contributed by atoms with E-state index in [0.29, 0.717) is 11.8 Å². The van der Waals surface area contributed by atoms with Gasteiger partial charge in [-0.1, -0.05) is 47.5 Å². The van der Waals surface area contributed by atoms with Crippen LogP contribution in [-0.2, 0) is 12.8 Å². The minimum atomic E-state index is 0.409. The zero-order valence-electron chi connectivity index (χ0n) is 12.9. The number of rotatable bonds is 5. The molecule has 2 rings (SSSR count). The van der Waals surface area contributed by atoms with Gasteiger partial charge >= 0.3 is 0 Å². The summed E-state index contributed by atoms with van der Waals surface area (Å²) in [6, 6.07) is 12.6. The first-order valence-corrected chi connectivity index (χ1v) is 8.28. The maximum absolute atomic E-state index is 6.27. The Morgan fingerprint density at radius 3 is 2.14 bits per heavy atom. The lowest BCUT2D eigenvalue weighted by molar-refractivity contribution is 0.580. The Morgan fingerprint density at radius 2 is 1.57 bits per heavy atom. The summed E-state index contributed by atoms with van der Waals surface area (Å²) in [5.41, 5.74) is 6.66. The van der Waals surface area contributed by atoms with Gasteiger partial charge in [-0.3, -0.25) is 0 Å². The van der Waals surface area contributed by atoms with Gasteiger partial charge in [0.25, 0.3) is 0 Å². The molecule has 0 radical (unpaired) electrons. The highest BCUT2D eigenvalue weighted by molar-refractivity contribution is 6.31. The van der Waals surface area contributed by atoms with Crippen LogP contribution in [0.25, 0.3) is 0 Å². The van der Waals surface area contributed by atoms with Crippen molar-refractivity contribution >= 4 is 23.2 Å². The Balaban J connectivity index is 2.19. The van der Waals surface area contributed by atoms with Crippen LogP contribution in [0.1, 0.15) is 27.8 Å². The lowest BCUT2D eigenvalue weighted by Crippen LogP contribution is -2.12. The molecule has 0 nitrogen and oxygen atoms in total. The van der Waals surface area contributed by atoms with E-state index in [4.69, 9.17) is 23.2 Å². The molecule has 0 amide bonds. The first kappa shape index (κ1) is 16.4. The minimum absolute atomic E-state index is 0.409. The lowest BCUT2D eigenvalue weighted by atomic mass is 9.89. The number of aryl methyl sites for hydroxylation is 3. The van der Waals surface area contributed by atoms with Gasteiger partial charge in [-0.25, -0.2) is 0 Å². The van der Waals surface area contributed by atoms with E-state index in [0.717, 1.165) is 17.9 Å². The van der Waals surface area contributed by atoms with Crippen LogP contribution in [0.4, 0.5) is 0 Å². The van der Waals surface area contributed by atoms with Crippen LogP contribution >= 0.6 is 23.2 Å². The Hall–Kier alpha value is -0.980. The average Bonchev–Trinajstić information content (AvgIpc) is 2.43. The van der Waals surface area contributed by atoms with Crippen molar-refractivity contribution < 1.29 is 0 Å². The third-order valence-electron chi connectivity index (χ3n) is 4.02. The van der Waals surface area contributed by atoms with Crippen molar-refractivity contribution in [2.75, 3.05) is 5.88 Å². The predicted molar refractivity (Wildman–Crippen MR) is 93.7 cm³/mol. The predicted octanol–water partition coefficient (Wildman–Crippen LogP) is 5.91. The summed E-state index contributed by atoms with van der Waals surface area (Å²) in [5, 5.41) is 0.838. The third kappa shape index (κ3) is 4.25. The SMILES string of the molecule is Cc1cc(C)c(CC(CCl)Cc2ccccc2Cl)c(C)c1. The largest absolute Gasteiger partial charge is 0.126 e. The number of hydrogen-bond donors (Lipinski definition) is 0. The van der Waals surface area contributed by atoms with Gasteiger partial charge in [0, 0.05) is 10.9 Å². The molecule has 0 N–H and O–H groups in total. The summed E-state index contributed by atoms with van der Waals surface area (Å²) in [6.07, 6.45) is 1.93. The highest BCUT2D eigenvalue weighted by atomic mass is 35.5. The molecule has 2 aromatic carbocycles. The highest BCUT2D eigenvalue weighted by Crippen LogP contribution is 2.25. The van der Waals surface area contributed by atoms with Gasteiger partial charge in [-0.2, -0.15) is 0 Å². The summed E-state index contributed by atoms with van der Waals surface area (Å²) < 4.78 is 0. The molecule has 2 heteroatoms. The molecule has 0 spiro atoms. The van der Waals surface area contributed by atoms with Crippen LogP contribution in [0.5, 0.6) is 0 Å². The fraction of sp³-hybridized carbons (Fsp3) is 0.368. The van der Waals surface area contributed by atoms with Crippen molar-refractivity contribution in [1.82, 2.24) is 0 Å². The van der Waals surface area contributed by atoms with Crippen LogP contribution < -0.4 is 0 Å². The van der Waals surface area contributed by atoms with Gasteiger partial charge in [-0.15, -0.1) is 11.6 Å². The van der Waals surface area contributed by atoms with Crippen LogP contribution in [0.15, 0.2) is 36.4 Å². The molecular formula is C19H22Cl2. The molecule has 0 fully saturated rings.